The lowest BCUT2D eigenvalue weighted by atomic mass is 10.1. The Labute approximate surface area is 155 Å². The first kappa shape index (κ1) is 17.3. The van der Waals surface area contributed by atoms with Gasteiger partial charge in [-0.25, -0.2) is 4.39 Å². The Bertz CT molecular complexity index is 1050. The zero-order valence-electron chi connectivity index (χ0n) is 14.8. The minimum absolute atomic E-state index is 0.00233. The number of H-pyrrole nitrogens is 1. The van der Waals surface area contributed by atoms with Crippen molar-refractivity contribution in [3.05, 3.63) is 70.3 Å². The first-order valence-electron chi connectivity index (χ1n) is 9.09. The van der Waals surface area contributed by atoms with Crippen molar-refractivity contribution in [3.8, 4) is 0 Å². The Balaban J connectivity index is 1.59. The number of halogens is 1. The molecular formula is C21H20FN3O2. The maximum absolute atomic E-state index is 13.3. The molecule has 1 aromatic heterocycles. The predicted octanol–water partition coefficient (Wildman–Crippen LogP) is 3.91. The average Bonchev–Trinajstić information content (AvgIpc) is 2.68. The number of anilines is 2. The first-order chi connectivity index (χ1) is 13.1. The van der Waals surface area contributed by atoms with Crippen LogP contribution in [0.5, 0.6) is 0 Å². The van der Waals surface area contributed by atoms with Gasteiger partial charge in [-0.3, -0.25) is 9.59 Å². The van der Waals surface area contributed by atoms with E-state index in [1.165, 1.54) is 43.5 Å². The molecule has 0 unspecified atom stereocenters. The molecule has 0 radical (unpaired) electrons. The average molecular weight is 365 g/mol. The molecule has 1 aliphatic rings. The molecule has 1 fully saturated rings. The summed E-state index contributed by atoms with van der Waals surface area (Å²) < 4.78 is 13.3. The molecule has 2 N–H and O–H groups in total. The second kappa shape index (κ2) is 7.23. The maximum atomic E-state index is 13.3. The first-order valence-corrected chi connectivity index (χ1v) is 9.09. The van der Waals surface area contributed by atoms with Crippen LogP contribution in [0.3, 0.4) is 0 Å². The number of benzene rings is 2. The lowest BCUT2D eigenvalue weighted by Crippen LogP contribution is -2.29. The van der Waals surface area contributed by atoms with Crippen LogP contribution in [0.2, 0.25) is 0 Å². The summed E-state index contributed by atoms with van der Waals surface area (Å²) in [5, 5.41) is 3.40. The summed E-state index contributed by atoms with van der Waals surface area (Å²) in [5.74, 6) is -0.928. The smallest absolute Gasteiger partial charge is 0.261 e. The summed E-state index contributed by atoms with van der Waals surface area (Å²) in [4.78, 5) is 29.7. The van der Waals surface area contributed by atoms with Gasteiger partial charge in [-0.15, -0.1) is 0 Å². The van der Waals surface area contributed by atoms with Crippen LogP contribution < -0.4 is 15.8 Å². The third kappa shape index (κ3) is 3.69. The number of nitrogens with one attached hydrogen (secondary N) is 2. The number of carbonyl (C=O) groups is 1. The van der Waals surface area contributed by atoms with Gasteiger partial charge >= 0.3 is 0 Å². The van der Waals surface area contributed by atoms with Crippen molar-refractivity contribution in [2.45, 2.75) is 19.3 Å². The van der Waals surface area contributed by atoms with Gasteiger partial charge in [-0.05, 0) is 67.1 Å². The molecule has 27 heavy (non-hydrogen) atoms. The zero-order chi connectivity index (χ0) is 18.8. The Morgan fingerprint density at radius 1 is 1.04 bits per heavy atom. The number of nitrogens with zero attached hydrogens (tertiary/aromatic N) is 1. The summed E-state index contributed by atoms with van der Waals surface area (Å²) in [6.45, 7) is 2.02. The molecule has 4 rings (SSSR count). The maximum Gasteiger partial charge on any atom is 0.261 e. The number of carbonyl (C=O) groups excluding carboxylic acids is 1. The standard InChI is InChI=1S/C21H20FN3O2/c22-15-8-7-14-11-18(21(27)24-19(14)12-15)20(26)23-16-5-4-6-17(13-16)25-9-2-1-3-10-25/h4-8,11-13H,1-3,9-10H2,(H,23,26)(H,24,27). The van der Waals surface area contributed by atoms with E-state index in [0.717, 1.165) is 18.8 Å². The molecule has 5 nitrogen and oxygen atoms in total. The third-order valence-corrected chi connectivity index (χ3v) is 4.88. The molecule has 0 spiro atoms. The van der Waals surface area contributed by atoms with Gasteiger partial charge in [-0.1, -0.05) is 6.07 Å². The van der Waals surface area contributed by atoms with E-state index in [4.69, 9.17) is 0 Å². The van der Waals surface area contributed by atoms with Crippen LogP contribution in [0.4, 0.5) is 15.8 Å². The fourth-order valence-corrected chi connectivity index (χ4v) is 3.47. The number of hydrogen-bond donors (Lipinski definition) is 2. The lowest BCUT2D eigenvalue weighted by Gasteiger charge is -2.29. The van der Waals surface area contributed by atoms with E-state index in [0.29, 0.717) is 16.6 Å². The number of amides is 1. The molecule has 1 saturated heterocycles. The Morgan fingerprint density at radius 3 is 2.67 bits per heavy atom. The number of pyridine rings is 1. The van der Waals surface area contributed by atoms with E-state index in [1.54, 1.807) is 6.07 Å². The van der Waals surface area contributed by atoms with Gasteiger partial charge in [0.05, 0.1) is 5.52 Å². The van der Waals surface area contributed by atoms with Gasteiger partial charge in [0.2, 0.25) is 0 Å². The number of piperidine rings is 1. The van der Waals surface area contributed by atoms with Gasteiger partial charge in [0.15, 0.2) is 0 Å². The fourth-order valence-electron chi connectivity index (χ4n) is 3.47. The van der Waals surface area contributed by atoms with Crippen molar-refractivity contribution in [1.29, 1.82) is 0 Å². The minimum atomic E-state index is -0.544. The highest BCUT2D eigenvalue weighted by atomic mass is 19.1. The lowest BCUT2D eigenvalue weighted by molar-refractivity contribution is 0.102. The number of hydrogen-bond acceptors (Lipinski definition) is 3. The summed E-state index contributed by atoms with van der Waals surface area (Å²) in [6.07, 6.45) is 3.59. The minimum Gasteiger partial charge on any atom is -0.371 e. The van der Waals surface area contributed by atoms with E-state index in [1.807, 2.05) is 18.2 Å². The van der Waals surface area contributed by atoms with Gasteiger partial charge in [-0.2, -0.15) is 0 Å². The number of aromatic nitrogens is 1. The van der Waals surface area contributed by atoms with Crippen LogP contribution in [0, 0.1) is 5.82 Å². The van der Waals surface area contributed by atoms with Crippen molar-refractivity contribution < 1.29 is 9.18 Å². The molecule has 6 heteroatoms. The van der Waals surface area contributed by atoms with Crippen LogP contribution in [-0.4, -0.2) is 24.0 Å². The predicted molar refractivity (Wildman–Crippen MR) is 105 cm³/mol. The SMILES string of the molecule is O=C(Nc1cccc(N2CCCCC2)c1)c1cc2ccc(F)cc2[nH]c1=O. The fraction of sp³-hybridized carbons (Fsp3) is 0.238. The summed E-state index contributed by atoms with van der Waals surface area (Å²) in [6, 6.07) is 13.2. The molecule has 0 atom stereocenters. The highest BCUT2D eigenvalue weighted by molar-refractivity contribution is 6.05. The van der Waals surface area contributed by atoms with Crippen LogP contribution in [-0.2, 0) is 0 Å². The quantitative estimate of drug-likeness (QED) is 0.740. The molecule has 0 saturated carbocycles. The van der Waals surface area contributed by atoms with Crippen molar-refractivity contribution >= 4 is 28.2 Å². The molecule has 2 heterocycles. The summed E-state index contributed by atoms with van der Waals surface area (Å²) in [7, 11) is 0. The largest absolute Gasteiger partial charge is 0.371 e. The Hall–Kier alpha value is -3.15. The Kier molecular flexibility index (Phi) is 4.62. The monoisotopic (exact) mass is 365 g/mol. The van der Waals surface area contributed by atoms with Gasteiger partial charge < -0.3 is 15.2 Å². The van der Waals surface area contributed by atoms with Gasteiger partial charge in [0, 0.05) is 24.5 Å². The van der Waals surface area contributed by atoms with Crippen molar-refractivity contribution in [3.63, 3.8) is 0 Å². The van der Waals surface area contributed by atoms with E-state index in [2.05, 4.69) is 15.2 Å². The van der Waals surface area contributed by atoms with Crippen molar-refractivity contribution in [1.82, 2.24) is 4.98 Å². The molecule has 3 aromatic rings. The second-order valence-electron chi connectivity index (χ2n) is 6.80. The van der Waals surface area contributed by atoms with Gasteiger partial charge in [0.25, 0.3) is 11.5 Å². The molecule has 1 amide bonds. The number of rotatable bonds is 3. The summed E-state index contributed by atoms with van der Waals surface area (Å²) in [5.41, 5.74) is 1.52. The highest BCUT2D eigenvalue weighted by Crippen LogP contribution is 2.23. The molecule has 2 aromatic carbocycles. The molecular weight excluding hydrogens is 345 g/mol. The normalized spacial score (nSPS) is 14.3. The highest BCUT2D eigenvalue weighted by Gasteiger charge is 2.15. The summed E-state index contributed by atoms with van der Waals surface area (Å²) >= 11 is 0. The third-order valence-electron chi connectivity index (χ3n) is 4.88. The molecule has 0 bridgehead atoms. The van der Waals surface area contributed by atoms with Crippen LogP contribution in [0.15, 0.2) is 53.3 Å². The van der Waals surface area contributed by atoms with Gasteiger partial charge in [0.1, 0.15) is 11.4 Å². The Morgan fingerprint density at radius 2 is 1.85 bits per heavy atom. The van der Waals surface area contributed by atoms with Crippen molar-refractivity contribution in [2.75, 3.05) is 23.3 Å². The van der Waals surface area contributed by atoms with E-state index in [9.17, 15) is 14.0 Å². The zero-order valence-corrected chi connectivity index (χ0v) is 14.8. The molecule has 138 valence electrons. The molecule has 1 aliphatic heterocycles. The van der Waals surface area contributed by atoms with Crippen LogP contribution in [0.1, 0.15) is 29.6 Å². The van der Waals surface area contributed by atoms with E-state index < -0.39 is 17.3 Å². The van der Waals surface area contributed by atoms with E-state index in [-0.39, 0.29) is 5.56 Å². The molecule has 0 aliphatic carbocycles. The topological polar surface area (TPSA) is 65.2 Å². The number of aromatic amines is 1. The van der Waals surface area contributed by atoms with Crippen molar-refractivity contribution in [2.24, 2.45) is 0 Å². The van der Waals surface area contributed by atoms with Crippen LogP contribution >= 0.6 is 0 Å². The number of fused-ring (bicyclic) bond motifs is 1. The van der Waals surface area contributed by atoms with E-state index >= 15 is 0 Å². The van der Waals surface area contributed by atoms with Crippen LogP contribution in [0.25, 0.3) is 10.9 Å². The second-order valence-corrected chi connectivity index (χ2v) is 6.80.